The first-order valence-corrected chi connectivity index (χ1v) is 8.44. The van der Waals surface area contributed by atoms with Gasteiger partial charge in [0.1, 0.15) is 5.75 Å². The summed E-state index contributed by atoms with van der Waals surface area (Å²) in [6.07, 6.45) is -0.106. The smallest absolute Gasteiger partial charge is 0.316 e. The average molecular weight is 339 g/mol. The molecule has 1 N–H and O–H groups in total. The number of hydrogen-bond acceptors (Lipinski definition) is 8. The molecule has 1 aromatic carbocycles. The molecule has 22 heavy (non-hydrogen) atoms. The average Bonchev–Trinajstić information content (AvgIpc) is 2.93. The number of esters is 1. The fourth-order valence-corrected chi connectivity index (χ4v) is 3.15. The third-order valence-electron chi connectivity index (χ3n) is 2.44. The van der Waals surface area contributed by atoms with Gasteiger partial charge in [-0.3, -0.25) is 4.79 Å². The Balaban J connectivity index is 1.93. The molecule has 1 heterocycles. The van der Waals surface area contributed by atoms with Crippen LogP contribution in [0.5, 0.6) is 5.75 Å². The molecule has 0 saturated carbocycles. The van der Waals surface area contributed by atoms with Crippen LogP contribution in [0.1, 0.15) is 13.8 Å². The van der Waals surface area contributed by atoms with Crippen LogP contribution in [0.2, 0.25) is 0 Å². The van der Waals surface area contributed by atoms with Gasteiger partial charge in [-0.2, -0.15) is 0 Å². The molecule has 1 aromatic heterocycles. The Labute approximate surface area is 137 Å². The highest BCUT2D eigenvalue weighted by Gasteiger charge is 2.11. The van der Waals surface area contributed by atoms with Gasteiger partial charge in [-0.1, -0.05) is 35.2 Å². The van der Waals surface area contributed by atoms with E-state index in [1.807, 2.05) is 38.1 Å². The van der Waals surface area contributed by atoms with Crippen LogP contribution in [0.4, 0.5) is 10.8 Å². The predicted octanol–water partition coefficient (Wildman–Crippen LogP) is 3.33. The number of carbonyl (C=O) groups is 1. The van der Waals surface area contributed by atoms with Gasteiger partial charge in [-0.25, -0.2) is 0 Å². The molecule has 0 aliphatic rings. The van der Waals surface area contributed by atoms with Gasteiger partial charge in [0.2, 0.25) is 5.13 Å². The number of aromatic nitrogens is 2. The van der Waals surface area contributed by atoms with Crippen LogP contribution in [0, 0.1) is 0 Å². The van der Waals surface area contributed by atoms with Crippen molar-refractivity contribution in [2.24, 2.45) is 0 Å². The maximum atomic E-state index is 11.5. The first kappa shape index (κ1) is 16.6. The summed E-state index contributed by atoms with van der Waals surface area (Å²) in [6, 6.07) is 7.56. The Morgan fingerprint density at radius 1 is 1.36 bits per heavy atom. The molecule has 2 rings (SSSR count). The van der Waals surface area contributed by atoms with Crippen LogP contribution in [0.25, 0.3) is 0 Å². The predicted molar refractivity (Wildman–Crippen MR) is 88.1 cm³/mol. The second-order valence-corrected chi connectivity index (χ2v) is 6.73. The lowest BCUT2D eigenvalue weighted by molar-refractivity contribution is -0.144. The summed E-state index contributed by atoms with van der Waals surface area (Å²) in [5, 5.41) is 11.9. The highest BCUT2D eigenvalue weighted by molar-refractivity contribution is 8.01. The molecule has 0 saturated heterocycles. The third-order valence-corrected chi connectivity index (χ3v) is 4.38. The fourth-order valence-electron chi connectivity index (χ4n) is 1.60. The summed E-state index contributed by atoms with van der Waals surface area (Å²) in [4.78, 5) is 11.5. The van der Waals surface area contributed by atoms with Gasteiger partial charge in [0.15, 0.2) is 4.34 Å². The Hall–Kier alpha value is -1.80. The zero-order valence-electron chi connectivity index (χ0n) is 12.5. The normalized spacial score (nSPS) is 10.5. The number of benzene rings is 1. The van der Waals surface area contributed by atoms with E-state index in [-0.39, 0.29) is 17.8 Å². The first-order valence-electron chi connectivity index (χ1n) is 6.64. The molecule has 118 valence electrons. The highest BCUT2D eigenvalue weighted by atomic mass is 32.2. The third kappa shape index (κ3) is 4.88. The largest absolute Gasteiger partial charge is 0.495 e. The van der Waals surface area contributed by atoms with E-state index >= 15 is 0 Å². The molecule has 0 aliphatic carbocycles. The van der Waals surface area contributed by atoms with Gasteiger partial charge in [-0.05, 0) is 26.0 Å². The molecule has 8 heteroatoms. The van der Waals surface area contributed by atoms with E-state index < -0.39 is 0 Å². The van der Waals surface area contributed by atoms with Gasteiger partial charge in [0.25, 0.3) is 0 Å². The van der Waals surface area contributed by atoms with E-state index in [2.05, 4.69) is 15.5 Å². The van der Waals surface area contributed by atoms with Crippen LogP contribution in [-0.4, -0.2) is 35.1 Å². The number of rotatable bonds is 7. The topological polar surface area (TPSA) is 73.3 Å². The maximum Gasteiger partial charge on any atom is 0.316 e. The quantitative estimate of drug-likeness (QED) is 0.612. The lowest BCUT2D eigenvalue weighted by atomic mass is 10.3. The van der Waals surface area contributed by atoms with Crippen molar-refractivity contribution in [1.82, 2.24) is 10.2 Å². The molecule has 0 radical (unpaired) electrons. The summed E-state index contributed by atoms with van der Waals surface area (Å²) in [6.45, 7) is 3.64. The highest BCUT2D eigenvalue weighted by Crippen LogP contribution is 2.31. The number of nitrogens with zero attached hydrogens (tertiary/aromatic N) is 2. The Morgan fingerprint density at radius 2 is 2.14 bits per heavy atom. The number of methoxy groups -OCH3 is 1. The van der Waals surface area contributed by atoms with Crippen molar-refractivity contribution in [1.29, 1.82) is 0 Å². The van der Waals surface area contributed by atoms with Crippen molar-refractivity contribution < 1.29 is 14.3 Å². The summed E-state index contributed by atoms with van der Waals surface area (Å²) in [5.74, 6) is 0.698. The second-order valence-electron chi connectivity index (χ2n) is 4.53. The van der Waals surface area contributed by atoms with E-state index in [4.69, 9.17) is 9.47 Å². The minimum absolute atomic E-state index is 0.106. The first-order chi connectivity index (χ1) is 10.6. The van der Waals surface area contributed by atoms with Crippen LogP contribution < -0.4 is 10.1 Å². The molecule has 6 nitrogen and oxygen atoms in total. The van der Waals surface area contributed by atoms with Crippen molar-refractivity contribution in [3.05, 3.63) is 24.3 Å². The fraction of sp³-hybridized carbons (Fsp3) is 0.357. The molecule has 0 bridgehead atoms. The standard InChI is InChI=1S/C14H17N3O3S2/c1-9(2)20-12(18)8-21-14-17-16-13(22-14)15-10-6-4-5-7-11(10)19-3/h4-7,9H,8H2,1-3H3,(H,15,16). The van der Waals surface area contributed by atoms with Crippen molar-refractivity contribution in [3.63, 3.8) is 0 Å². The number of hydrogen-bond donors (Lipinski definition) is 1. The molecular formula is C14H17N3O3S2. The van der Waals surface area contributed by atoms with Gasteiger partial charge >= 0.3 is 5.97 Å². The Morgan fingerprint density at radius 3 is 2.86 bits per heavy atom. The second kappa shape index (κ2) is 8.00. The monoisotopic (exact) mass is 339 g/mol. The number of ether oxygens (including phenoxy) is 2. The number of carbonyl (C=O) groups excluding carboxylic acids is 1. The molecular weight excluding hydrogens is 322 g/mol. The zero-order chi connectivity index (χ0) is 15.9. The summed E-state index contributed by atoms with van der Waals surface area (Å²) >= 11 is 2.69. The van der Waals surface area contributed by atoms with E-state index in [9.17, 15) is 4.79 Å². The van der Waals surface area contributed by atoms with E-state index in [1.54, 1.807) is 7.11 Å². The van der Waals surface area contributed by atoms with Crippen LogP contribution in [0.3, 0.4) is 0 Å². The molecule has 0 aliphatic heterocycles. The summed E-state index contributed by atoms with van der Waals surface area (Å²) < 4.78 is 11.0. The summed E-state index contributed by atoms with van der Waals surface area (Å²) in [7, 11) is 1.61. The molecule has 2 aromatic rings. The maximum absolute atomic E-state index is 11.5. The van der Waals surface area contributed by atoms with Crippen molar-refractivity contribution in [3.8, 4) is 5.75 Å². The van der Waals surface area contributed by atoms with Gasteiger partial charge < -0.3 is 14.8 Å². The lowest BCUT2D eigenvalue weighted by Crippen LogP contribution is -2.13. The van der Waals surface area contributed by atoms with E-state index in [0.717, 1.165) is 11.4 Å². The van der Waals surface area contributed by atoms with Crippen molar-refractivity contribution >= 4 is 39.9 Å². The van der Waals surface area contributed by atoms with Crippen LogP contribution in [-0.2, 0) is 9.53 Å². The number of anilines is 2. The SMILES string of the molecule is COc1ccccc1Nc1nnc(SCC(=O)OC(C)C)s1. The van der Waals surface area contributed by atoms with Gasteiger partial charge in [0, 0.05) is 0 Å². The van der Waals surface area contributed by atoms with Crippen molar-refractivity contribution in [2.75, 3.05) is 18.2 Å². The number of thioether (sulfide) groups is 1. The molecule has 0 spiro atoms. The molecule has 0 amide bonds. The minimum Gasteiger partial charge on any atom is -0.495 e. The molecule has 0 fully saturated rings. The van der Waals surface area contributed by atoms with Gasteiger partial charge in [-0.15, -0.1) is 10.2 Å². The van der Waals surface area contributed by atoms with Gasteiger partial charge in [0.05, 0.1) is 24.7 Å². The Bertz CT molecular complexity index is 631. The number of para-hydroxylation sites is 2. The van der Waals surface area contributed by atoms with Crippen molar-refractivity contribution in [2.45, 2.75) is 24.3 Å². The van der Waals surface area contributed by atoms with E-state index in [1.165, 1.54) is 23.1 Å². The van der Waals surface area contributed by atoms with Crippen LogP contribution in [0.15, 0.2) is 28.6 Å². The molecule has 0 atom stereocenters. The Kier molecular flexibility index (Phi) is 6.02. The molecule has 0 unspecified atom stereocenters. The lowest BCUT2D eigenvalue weighted by Gasteiger charge is -2.07. The van der Waals surface area contributed by atoms with E-state index in [0.29, 0.717) is 9.47 Å². The minimum atomic E-state index is -0.255. The summed E-state index contributed by atoms with van der Waals surface area (Å²) in [5.41, 5.74) is 0.817. The zero-order valence-corrected chi connectivity index (χ0v) is 14.2. The van der Waals surface area contributed by atoms with Crippen LogP contribution >= 0.6 is 23.1 Å². The number of nitrogens with one attached hydrogen (secondary N) is 1.